The number of rotatable bonds is 2. The molecule has 5 rings (SSSR count). The maximum Gasteiger partial charge on any atom is 0.260 e. The smallest absolute Gasteiger partial charge is 0.260 e. The van der Waals surface area contributed by atoms with Crippen molar-refractivity contribution in [3.8, 4) is 23.0 Å². The monoisotopic (exact) mass is 349 g/mol. The van der Waals surface area contributed by atoms with Crippen LogP contribution < -0.4 is 24.5 Å². The number of aromatic nitrogens is 1. The Balaban J connectivity index is 1.96. The molecule has 6 nitrogen and oxygen atoms in total. The van der Waals surface area contributed by atoms with Crippen LogP contribution in [0, 0.1) is 0 Å². The van der Waals surface area contributed by atoms with E-state index in [9.17, 15) is 4.79 Å². The van der Waals surface area contributed by atoms with E-state index in [1.165, 1.54) is 7.11 Å². The molecule has 1 aliphatic rings. The lowest BCUT2D eigenvalue weighted by Crippen LogP contribution is -2.09. The molecule has 6 heteroatoms. The van der Waals surface area contributed by atoms with Gasteiger partial charge in [-0.2, -0.15) is 0 Å². The second kappa shape index (κ2) is 5.29. The van der Waals surface area contributed by atoms with E-state index in [1.54, 1.807) is 7.11 Å². The van der Waals surface area contributed by atoms with Crippen molar-refractivity contribution in [1.29, 1.82) is 0 Å². The summed E-state index contributed by atoms with van der Waals surface area (Å²) in [6, 6.07) is 11.5. The van der Waals surface area contributed by atoms with Crippen LogP contribution in [0.4, 0.5) is 0 Å². The number of aromatic amines is 1. The van der Waals surface area contributed by atoms with Gasteiger partial charge in [-0.15, -0.1) is 0 Å². The van der Waals surface area contributed by atoms with Crippen LogP contribution in [0.5, 0.6) is 23.0 Å². The third kappa shape index (κ3) is 1.89. The largest absolute Gasteiger partial charge is 0.493 e. The predicted molar refractivity (Wildman–Crippen MR) is 98.8 cm³/mol. The summed E-state index contributed by atoms with van der Waals surface area (Å²) in [4.78, 5) is 15.9. The van der Waals surface area contributed by atoms with E-state index in [2.05, 4.69) is 4.98 Å². The predicted octanol–water partition coefficient (Wildman–Crippen LogP) is 3.58. The molecule has 0 amide bonds. The van der Waals surface area contributed by atoms with Crippen molar-refractivity contribution in [3.63, 3.8) is 0 Å². The highest BCUT2D eigenvalue weighted by molar-refractivity contribution is 6.16. The maximum atomic E-state index is 12.9. The minimum atomic E-state index is -0.228. The van der Waals surface area contributed by atoms with Crippen molar-refractivity contribution < 1.29 is 18.9 Å². The molecular weight excluding hydrogens is 334 g/mol. The highest BCUT2D eigenvalue weighted by Crippen LogP contribution is 2.40. The lowest BCUT2D eigenvalue weighted by molar-refractivity contribution is 0.174. The summed E-state index contributed by atoms with van der Waals surface area (Å²) in [6.07, 6.45) is 0. The van der Waals surface area contributed by atoms with Crippen molar-refractivity contribution in [1.82, 2.24) is 4.98 Å². The van der Waals surface area contributed by atoms with Crippen molar-refractivity contribution in [2.45, 2.75) is 0 Å². The fourth-order valence-electron chi connectivity index (χ4n) is 3.63. The number of benzene rings is 3. The minimum Gasteiger partial charge on any atom is -0.493 e. The number of pyridine rings is 1. The lowest BCUT2D eigenvalue weighted by Gasteiger charge is -2.13. The van der Waals surface area contributed by atoms with Gasteiger partial charge in [-0.1, -0.05) is 12.1 Å². The number of fused-ring (bicyclic) bond motifs is 6. The van der Waals surface area contributed by atoms with Crippen LogP contribution >= 0.6 is 0 Å². The molecule has 1 N–H and O–H groups in total. The van der Waals surface area contributed by atoms with Crippen LogP contribution in [0.3, 0.4) is 0 Å². The Bertz CT molecular complexity index is 1260. The van der Waals surface area contributed by atoms with Crippen LogP contribution in [0.25, 0.3) is 32.4 Å². The Morgan fingerprint density at radius 1 is 0.923 bits per heavy atom. The van der Waals surface area contributed by atoms with Gasteiger partial charge in [0.15, 0.2) is 23.0 Å². The first kappa shape index (κ1) is 14.9. The number of ether oxygens (including phenoxy) is 4. The summed E-state index contributed by atoms with van der Waals surface area (Å²) in [7, 11) is 3.08. The maximum absolute atomic E-state index is 12.9. The molecule has 0 atom stereocenters. The molecule has 0 aliphatic carbocycles. The van der Waals surface area contributed by atoms with Crippen LogP contribution in [-0.4, -0.2) is 26.0 Å². The first-order valence-electron chi connectivity index (χ1n) is 8.14. The molecule has 1 aliphatic heterocycles. The molecule has 26 heavy (non-hydrogen) atoms. The first-order chi connectivity index (χ1) is 12.7. The number of hydrogen-bond acceptors (Lipinski definition) is 5. The average Bonchev–Trinajstić information content (AvgIpc) is 3.12. The van der Waals surface area contributed by atoms with Gasteiger partial charge in [-0.05, 0) is 29.7 Å². The van der Waals surface area contributed by atoms with Gasteiger partial charge in [0, 0.05) is 16.2 Å². The second-order valence-electron chi connectivity index (χ2n) is 6.09. The van der Waals surface area contributed by atoms with Crippen molar-refractivity contribution in [2.75, 3.05) is 21.0 Å². The fraction of sp³-hybridized carbons (Fsp3) is 0.150. The molecular formula is C20H15NO5. The van der Waals surface area contributed by atoms with Crippen molar-refractivity contribution in [2.24, 2.45) is 0 Å². The zero-order valence-electron chi connectivity index (χ0n) is 14.2. The first-order valence-corrected chi connectivity index (χ1v) is 8.14. The molecule has 0 bridgehead atoms. The molecule has 2 heterocycles. The van der Waals surface area contributed by atoms with Crippen LogP contribution in [-0.2, 0) is 0 Å². The Morgan fingerprint density at radius 3 is 2.46 bits per heavy atom. The lowest BCUT2D eigenvalue weighted by atomic mass is 10.0. The van der Waals surface area contributed by atoms with Gasteiger partial charge in [0.2, 0.25) is 6.79 Å². The van der Waals surface area contributed by atoms with E-state index in [1.807, 2.05) is 36.4 Å². The van der Waals surface area contributed by atoms with Crippen LogP contribution in [0.15, 0.2) is 41.2 Å². The number of nitrogens with one attached hydrogen (secondary N) is 1. The minimum absolute atomic E-state index is 0.208. The average molecular weight is 349 g/mol. The fourth-order valence-corrected chi connectivity index (χ4v) is 3.63. The van der Waals surface area contributed by atoms with Gasteiger partial charge in [0.05, 0.1) is 25.1 Å². The van der Waals surface area contributed by atoms with E-state index in [0.29, 0.717) is 28.4 Å². The van der Waals surface area contributed by atoms with Gasteiger partial charge >= 0.3 is 0 Å². The Labute approximate surface area is 147 Å². The summed E-state index contributed by atoms with van der Waals surface area (Å²) in [5.74, 6) is 2.34. The van der Waals surface area contributed by atoms with Crippen molar-refractivity contribution in [3.05, 3.63) is 46.8 Å². The quantitative estimate of drug-likeness (QED) is 0.560. The van der Waals surface area contributed by atoms with E-state index >= 15 is 0 Å². The Kier molecular flexibility index (Phi) is 3.03. The summed E-state index contributed by atoms with van der Waals surface area (Å²) < 4.78 is 21.7. The van der Waals surface area contributed by atoms with E-state index in [0.717, 1.165) is 27.1 Å². The van der Waals surface area contributed by atoms with Crippen molar-refractivity contribution >= 4 is 32.4 Å². The molecule has 0 saturated carbocycles. The molecule has 0 spiro atoms. The molecule has 0 radical (unpaired) electrons. The molecule has 0 unspecified atom stereocenters. The third-order valence-corrected chi connectivity index (χ3v) is 4.81. The Hall–Kier alpha value is -3.41. The zero-order chi connectivity index (χ0) is 17.8. The summed E-state index contributed by atoms with van der Waals surface area (Å²) >= 11 is 0. The number of H-pyrrole nitrogens is 1. The van der Waals surface area contributed by atoms with E-state index in [-0.39, 0.29) is 12.4 Å². The molecule has 3 aromatic carbocycles. The number of methoxy groups -OCH3 is 2. The molecule has 0 fully saturated rings. The van der Waals surface area contributed by atoms with Crippen LogP contribution in [0.1, 0.15) is 0 Å². The summed E-state index contributed by atoms with van der Waals surface area (Å²) in [5, 5.41) is 4.07. The van der Waals surface area contributed by atoms with E-state index in [4.69, 9.17) is 18.9 Å². The van der Waals surface area contributed by atoms with Gasteiger partial charge in [0.25, 0.3) is 5.56 Å². The third-order valence-electron chi connectivity index (χ3n) is 4.81. The van der Waals surface area contributed by atoms with Gasteiger partial charge in [-0.3, -0.25) is 4.79 Å². The van der Waals surface area contributed by atoms with Gasteiger partial charge < -0.3 is 23.9 Å². The highest BCUT2D eigenvalue weighted by Gasteiger charge is 2.18. The van der Waals surface area contributed by atoms with Gasteiger partial charge in [0.1, 0.15) is 0 Å². The van der Waals surface area contributed by atoms with E-state index < -0.39 is 0 Å². The standard InChI is InChI=1S/C20H15NO5/c1-23-14-6-5-11-12-4-3-10-7-15-16(26-9-25-15)8-13(10)18(12)21-20(22)17(11)19(14)24-2/h3-8H,9H2,1-2H3,(H,21,22). The topological polar surface area (TPSA) is 69.8 Å². The second-order valence-corrected chi connectivity index (χ2v) is 6.09. The zero-order valence-corrected chi connectivity index (χ0v) is 14.2. The number of hydrogen-bond donors (Lipinski definition) is 1. The summed E-state index contributed by atoms with van der Waals surface area (Å²) in [5.41, 5.74) is 0.527. The normalized spacial score (nSPS) is 12.8. The molecule has 1 aromatic heterocycles. The molecule has 0 saturated heterocycles. The molecule has 130 valence electrons. The van der Waals surface area contributed by atoms with Crippen LogP contribution in [0.2, 0.25) is 0 Å². The molecule has 4 aromatic rings. The SMILES string of the molecule is COc1ccc2c(c1OC)c(=O)[nH]c1c3cc4c(cc3ccc21)OCO4. The highest BCUT2D eigenvalue weighted by atomic mass is 16.7. The Morgan fingerprint density at radius 2 is 1.69 bits per heavy atom. The van der Waals surface area contributed by atoms with Gasteiger partial charge in [-0.25, -0.2) is 0 Å². The summed E-state index contributed by atoms with van der Waals surface area (Å²) in [6.45, 7) is 0.208.